The predicted octanol–water partition coefficient (Wildman–Crippen LogP) is 4.39. The molecule has 0 atom stereocenters. The number of nitrogens with zero attached hydrogens (tertiary/aromatic N) is 1. The summed E-state index contributed by atoms with van der Waals surface area (Å²) in [6.45, 7) is 0. The van der Waals surface area contributed by atoms with Crippen LogP contribution in [0.3, 0.4) is 0 Å². The molecule has 0 fully saturated rings. The van der Waals surface area contributed by atoms with E-state index in [1.54, 1.807) is 0 Å². The minimum absolute atomic E-state index is 0.00777. The lowest BCUT2D eigenvalue weighted by atomic mass is 10.0. The topological polar surface area (TPSA) is 28.7 Å². The molecule has 0 bridgehead atoms. The average Bonchev–Trinajstić information content (AvgIpc) is 2.82. The summed E-state index contributed by atoms with van der Waals surface area (Å²) < 4.78 is 52.1. The number of benzene rings is 2. The largest absolute Gasteiger partial charge is 0.417 e. The maximum absolute atomic E-state index is 13.1. The maximum Gasteiger partial charge on any atom is 0.417 e. The van der Waals surface area contributed by atoms with Gasteiger partial charge in [-0.1, -0.05) is 6.07 Å². The van der Waals surface area contributed by atoms with Crippen LogP contribution in [0.1, 0.15) is 5.56 Å². The molecule has 2 aromatic carbocycles. The van der Waals surface area contributed by atoms with Crippen molar-refractivity contribution in [3.63, 3.8) is 0 Å². The summed E-state index contributed by atoms with van der Waals surface area (Å²) in [5, 5.41) is 6.48. The summed E-state index contributed by atoms with van der Waals surface area (Å²) in [5.41, 5.74) is 0.115. The SMILES string of the molecule is Fc1ccc(-c2n[nH]c3cccc(C(F)(F)F)c23)cc1. The molecule has 0 aliphatic rings. The van der Waals surface area contributed by atoms with Gasteiger partial charge < -0.3 is 0 Å². The second-order valence-electron chi connectivity index (χ2n) is 4.30. The molecule has 1 heterocycles. The normalized spacial score (nSPS) is 12.0. The molecule has 6 heteroatoms. The van der Waals surface area contributed by atoms with Gasteiger partial charge in [-0.15, -0.1) is 0 Å². The summed E-state index contributed by atoms with van der Waals surface area (Å²) in [6, 6.07) is 9.02. The quantitative estimate of drug-likeness (QED) is 0.658. The minimum atomic E-state index is -4.47. The fraction of sp³-hybridized carbons (Fsp3) is 0.0714. The molecular weight excluding hydrogens is 272 g/mol. The zero-order valence-corrected chi connectivity index (χ0v) is 10.0. The fourth-order valence-corrected chi connectivity index (χ4v) is 2.13. The van der Waals surface area contributed by atoms with Crippen LogP contribution in [0.4, 0.5) is 17.6 Å². The number of hydrogen-bond donors (Lipinski definition) is 1. The monoisotopic (exact) mass is 280 g/mol. The van der Waals surface area contributed by atoms with Crippen molar-refractivity contribution in [2.45, 2.75) is 6.18 Å². The van der Waals surface area contributed by atoms with Gasteiger partial charge in [-0.3, -0.25) is 5.10 Å². The molecule has 0 saturated carbocycles. The molecule has 2 nitrogen and oxygen atoms in total. The van der Waals surface area contributed by atoms with Crippen LogP contribution >= 0.6 is 0 Å². The zero-order valence-electron chi connectivity index (χ0n) is 10.0. The van der Waals surface area contributed by atoms with Gasteiger partial charge in [-0.2, -0.15) is 18.3 Å². The van der Waals surface area contributed by atoms with Crippen LogP contribution in [0.25, 0.3) is 22.2 Å². The number of aromatic nitrogens is 2. The average molecular weight is 280 g/mol. The molecule has 0 amide bonds. The van der Waals surface area contributed by atoms with Gasteiger partial charge in [0.2, 0.25) is 0 Å². The van der Waals surface area contributed by atoms with Gasteiger partial charge in [0.25, 0.3) is 0 Å². The Kier molecular flexibility index (Phi) is 2.74. The highest BCUT2D eigenvalue weighted by molar-refractivity contribution is 5.95. The van der Waals surface area contributed by atoms with Gasteiger partial charge in [0.05, 0.1) is 11.1 Å². The molecule has 0 spiro atoms. The zero-order chi connectivity index (χ0) is 14.3. The minimum Gasteiger partial charge on any atom is -0.277 e. The van der Waals surface area contributed by atoms with E-state index in [0.29, 0.717) is 11.1 Å². The van der Waals surface area contributed by atoms with Crippen LogP contribution in [-0.2, 0) is 6.18 Å². The van der Waals surface area contributed by atoms with Crippen molar-refractivity contribution in [2.75, 3.05) is 0 Å². The van der Waals surface area contributed by atoms with Crippen molar-refractivity contribution in [1.29, 1.82) is 0 Å². The van der Waals surface area contributed by atoms with E-state index in [1.807, 2.05) is 0 Å². The van der Waals surface area contributed by atoms with E-state index in [1.165, 1.54) is 36.4 Å². The van der Waals surface area contributed by atoms with E-state index in [4.69, 9.17) is 0 Å². The third-order valence-corrected chi connectivity index (χ3v) is 3.01. The second kappa shape index (κ2) is 4.33. The predicted molar refractivity (Wildman–Crippen MR) is 66.5 cm³/mol. The van der Waals surface area contributed by atoms with Crippen molar-refractivity contribution >= 4 is 10.9 Å². The van der Waals surface area contributed by atoms with Crippen LogP contribution in [0.15, 0.2) is 42.5 Å². The van der Waals surface area contributed by atoms with E-state index in [2.05, 4.69) is 10.2 Å². The number of hydrogen-bond acceptors (Lipinski definition) is 1. The number of halogens is 4. The molecule has 0 unspecified atom stereocenters. The first-order valence-electron chi connectivity index (χ1n) is 5.77. The Morgan fingerprint density at radius 2 is 1.65 bits per heavy atom. The third kappa shape index (κ3) is 2.03. The van der Waals surface area contributed by atoms with Gasteiger partial charge in [-0.25, -0.2) is 4.39 Å². The molecule has 0 radical (unpaired) electrons. The van der Waals surface area contributed by atoms with Crippen LogP contribution in [-0.4, -0.2) is 10.2 Å². The molecule has 1 N–H and O–H groups in total. The summed E-state index contributed by atoms with van der Waals surface area (Å²) in [6.07, 6.45) is -4.47. The number of alkyl halides is 3. The number of nitrogens with one attached hydrogen (secondary N) is 1. The first kappa shape index (κ1) is 12.7. The van der Waals surface area contributed by atoms with Gasteiger partial charge >= 0.3 is 6.18 Å². The lowest BCUT2D eigenvalue weighted by molar-refractivity contribution is -0.136. The lowest BCUT2D eigenvalue weighted by Gasteiger charge is -2.09. The summed E-state index contributed by atoms with van der Waals surface area (Å²) in [7, 11) is 0. The van der Waals surface area contributed by atoms with Gasteiger partial charge in [-0.05, 0) is 36.4 Å². The standard InChI is InChI=1S/C14H8F4N2/c15-9-6-4-8(5-7-9)13-12-10(14(16,17)18)2-1-3-11(12)19-20-13/h1-7H,(H,19,20). The van der Waals surface area contributed by atoms with Crippen LogP contribution in [0, 0.1) is 5.82 Å². The molecule has 0 aliphatic heterocycles. The molecular formula is C14H8F4N2. The Morgan fingerprint density at radius 3 is 2.30 bits per heavy atom. The molecule has 0 saturated heterocycles. The van der Waals surface area contributed by atoms with Crippen molar-refractivity contribution < 1.29 is 17.6 Å². The lowest BCUT2D eigenvalue weighted by Crippen LogP contribution is -2.05. The van der Waals surface area contributed by atoms with Crippen LogP contribution < -0.4 is 0 Å². The van der Waals surface area contributed by atoms with Crippen LogP contribution in [0.2, 0.25) is 0 Å². The molecule has 1 aromatic heterocycles. The second-order valence-corrected chi connectivity index (χ2v) is 4.30. The summed E-state index contributed by atoms with van der Waals surface area (Å²) >= 11 is 0. The number of H-pyrrole nitrogens is 1. The Hall–Kier alpha value is -2.37. The smallest absolute Gasteiger partial charge is 0.277 e. The first-order chi connectivity index (χ1) is 9.47. The summed E-state index contributed by atoms with van der Waals surface area (Å²) in [5.74, 6) is -0.454. The van der Waals surface area contributed by atoms with E-state index < -0.39 is 17.6 Å². The molecule has 3 rings (SSSR count). The Morgan fingerprint density at radius 1 is 0.950 bits per heavy atom. The van der Waals surface area contributed by atoms with Gasteiger partial charge in [0.1, 0.15) is 11.5 Å². The van der Waals surface area contributed by atoms with E-state index >= 15 is 0 Å². The van der Waals surface area contributed by atoms with Crippen LogP contribution in [0.5, 0.6) is 0 Å². The van der Waals surface area contributed by atoms with Crippen molar-refractivity contribution in [2.24, 2.45) is 0 Å². The van der Waals surface area contributed by atoms with Gasteiger partial charge in [0, 0.05) is 10.9 Å². The summed E-state index contributed by atoms with van der Waals surface area (Å²) in [4.78, 5) is 0. The molecule has 102 valence electrons. The molecule has 20 heavy (non-hydrogen) atoms. The number of rotatable bonds is 1. The Labute approximate surface area is 111 Å². The fourth-order valence-electron chi connectivity index (χ4n) is 2.13. The molecule has 0 aliphatic carbocycles. The van der Waals surface area contributed by atoms with E-state index in [0.717, 1.165) is 6.07 Å². The molecule has 3 aromatic rings. The van der Waals surface area contributed by atoms with Crippen molar-refractivity contribution in [3.05, 3.63) is 53.8 Å². The Bertz CT molecular complexity index is 757. The van der Waals surface area contributed by atoms with Crippen molar-refractivity contribution in [1.82, 2.24) is 10.2 Å². The Balaban J connectivity index is 2.29. The third-order valence-electron chi connectivity index (χ3n) is 3.01. The van der Waals surface area contributed by atoms with E-state index in [-0.39, 0.29) is 11.1 Å². The highest BCUT2D eigenvalue weighted by atomic mass is 19.4. The van der Waals surface area contributed by atoms with Crippen molar-refractivity contribution in [3.8, 4) is 11.3 Å². The highest BCUT2D eigenvalue weighted by Gasteiger charge is 2.34. The first-order valence-corrected chi connectivity index (χ1v) is 5.77. The van der Waals surface area contributed by atoms with Gasteiger partial charge in [0.15, 0.2) is 0 Å². The van der Waals surface area contributed by atoms with E-state index in [9.17, 15) is 17.6 Å². The number of aromatic amines is 1. The number of fused-ring (bicyclic) bond motifs is 1. The highest BCUT2D eigenvalue weighted by Crippen LogP contribution is 2.38. The maximum atomic E-state index is 13.1.